The standard InChI is InChI=1S/C28H41NO2/c1-8-31-25(30)28(6,7)27(4,5)19-23(21-15-11-9-12-16-21)26(2,3)20-24(29)22-17-13-10-14-18-22/h9-18,23-24H,8,19-20,29H2,1-7H3. The third-order valence-corrected chi connectivity index (χ3v) is 7.31. The van der Waals surface area contributed by atoms with Crippen LogP contribution in [0.25, 0.3) is 0 Å². The van der Waals surface area contributed by atoms with Gasteiger partial charge in [-0.1, -0.05) is 88.4 Å². The summed E-state index contributed by atoms with van der Waals surface area (Å²) in [6.07, 6.45) is 1.71. The predicted octanol–water partition coefficient (Wildman–Crippen LogP) is 6.89. The Bertz CT molecular complexity index is 825. The molecule has 31 heavy (non-hydrogen) atoms. The Morgan fingerprint density at radius 1 is 0.839 bits per heavy atom. The van der Waals surface area contributed by atoms with E-state index in [4.69, 9.17) is 10.5 Å². The van der Waals surface area contributed by atoms with Crippen LogP contribution in [0.5, 0.6) is 0 Å². The van der Waals surface area contributed by atoms with E-state index in [1.165, 1.54) is 5.56 Å². The number of esters is 1. The van der Waals surface area contributed by atoms with Gasteiger partial charge in [-0.15, -0.1) is 0 Å². The van der Waals surface area contributed by atoms with Gasteiger partial charge in [0.05, 0.1) is 12.0 Å². The molecule has 0 amide bonds. The van der Waals surface area contributed by atoms with Crippen LogP contribution < -0.4 is 5.73 Å². The molecule has 2 aromatic rings. The van der Waals surface area contributed by atoms with Crippen LogP contribution in [0.1, 0.15) is 84.4 Å². The van der Waals surface area contributed by atoms with Crippen LogP contribution in [-0.4, -0.2) is 12.6 Å². The minimum absolute atomic E-state index is 0.0383. The molecule has 0 saturated carbocycles. The molecule has 0 aromatic heterocycles. The molecule has 0 heterocycles. The van der Waals surface area contributed by atoms with Crippen LogP contribution in [0.4, 0.5) is 0 Å². The number of ether oxygens (including phenoxy) is 1. The molecule has 0 aliphatic carbocycles. The SMILES string of the molecule is CCOC(=O)C(C)(C)C(C)(C)CC(c1ccccc1)C(C)(C)CC(N)c1ccccc1. The molecule has 3 heteroatoms. The molecule has 0 aliphatic heterocycles. The number of benzene rings is 2. The van der Waals surface area contributed by atoms with Gasteiger partial charge >= 0.3 is 5.97 Å². The number of nitrogens with two attached hydrogens (primary N) is 1. The average molecular weight is 424 g/mol. The van der Waals surface area contributed by atoms with Gasteiger partial charge in [0.15, 0.2) is 0 Å². The molecule has 2 unspecified atom stereocenters. The monoisotopic (exact) mass is 423 g/mol. The molecule has 170 valence electrons. The number of hydrogen-bond donors (Lipinski definition) is 1. The maximum atomic E-state index is 12.8. The Balaban J connectivity index is 2.38. The summed E-state index contributed by atoms with van der Waals surface area (Å²) >= 11 is 0. The van der Waals surface area contributed by atoms with Gasteiger partial charge in [0.2, 0.25) is 0 Å². The van der Waals surface area contributed by atoms with Gasteiger partial charge in [-0.25, -0.2) is 0 Å². The van der Waals surface area contributed by atoms with Crippen LogP contribution >= 0.6 is 0 Å². The lowest BCUT2D eigenvalue weighted by Crippen LogP contribution is -2.43. The Morgan fingerprint density at radius 3 is 1.81 bits per heavy atom. The van der Waals surface area contributed by atoms with Gasteiger partial charge in [-0.3, -0.25) is 4.79 Å². The quantitative estimate of drug-likeness (QED) is 0.423. The van der Waals surface area contributed by atoms with Crippen molar-refractivity contribution in [2.24, 2.45) is 22.0 Å². The molecule has 0 radical (unpaired) electrons. The van der Waals surface area contributed by atoms with E-state index in [1.54, 1.807) is 0 Å². The number of carbonyl (C=O) groups is 1. The Labute approximate surface area is 189 Å². The second-order valence-corrected chi connectivity index (χ2v) is 10.6. The lowest BCUT2D eigenvalue weighted by Gasteiger charge is -2.46. The van der Waals surface area contributed by atoms with Crippen molar-refractivity contribution in [1.82, 2.24) is 0 Å². The Kier molecular flexibility index (Phi) is 8.10. The summed E-state index contributed by atoms with van der Waals surface area (Å²) in [4.78, 5) is 12.8. The van der Waals surface area contributed by atoms with E-state index < -0.39 is 5.41 Å². The highest BCUT2D eigenvalue weighted by atomic mass is 16.5. The third-order valence-electron chi connectivity index (χ3n) is 7.31. The van der Waals surface area contributed by atoms with Crippen molar-refractivity contribution in [3.63, 3.8) is 0 Å². The second kappa shape index (κ2) is 9.99. The first-order chi connectivity index (χ1) is 14.4. The van der Waals surface area contributed by atoms with E-state index in [0.29, 0.717) is 6.61 Å². The first-order valence-corrected chi connectivity index (χ1v) is 11.4. The fourth-order valence-corrected chi connectivity index (χ4v) is 4.41. The second-order valence-electron chi connectivity index (χ2n) is 10.6. The molecule has 2 rings (SSSR count). The van der Waals surface area contributed by atoms with Gasteiger partial charge < -0.3 is 10.5 Å². The van der Waals surface area contributed by atoms with E-state index in [0.717, 1.165) is 18.4 Å². The van der Waals surface area contributed by atoms with Gasteiger partial charge in [0, 0.05) is 6.04 Å². The molecule has 2 N–H and O–H groups in total. The van der Waals surface area contributed by atoms with Crippen molar-refractivity contribution in [1.29, 1.82) is 0 Å². The summed E-state index contributed by atoms with van der Waals surface area (Å²) in [5, 5.41) is 0. The summed E-state index contributed by atoms with van der Waals surface area (Å²) in [6.45, 7) is 15.3. The topological polar surface area (TPSA) is 52.3 Å². The smallest absolute Gasteiger partial charge is 0.312 e. The lowest BCUT2D eigenvalue weighted by molar-refractivity contribution is -0.161. The van der Waals surface area contributed by atoms with E-state index in [1.807, 2.05) is 39.0 Å². The summed E-state index contributed by atoms with van der Waals surface area (Å²) in [7, 11) is 0. The van der Waals surface area contributed by atoms with Crippen molar-refractivity contribution < 1.29 is 9.53 Å². The highest BCUT2D eigenvalue weighted by Crippen LogP contribution is 2.52. The maximum Gasteiger partial charge on any atom is 0.312 e. The molecule has 0 bridgehead atoms. The predicted molar refractivity (Wildman–Crippen MR) is 130 cm³/mol. The van der Waals surface area contributed by atoms with Crippen molar-refractivity contribution in [2.75, 3.05) is 6.61 Å². The lowest BCUT2D eigenvalue weighted by atomic mass is 9.58. The number of carbonyl (C=O) groups excluding carboxylic acids is 1. The first-order valence-electron chi connectivity index (χ1n) is 11.4. The van der Waals surface area contributed by atoms with Crippen LogP contribution in [0, 0.1) is 16.2 Å². The summed E-state index contributed by atoms with van der Waals surface area (Å²) in [5.74, 6) is 0.109. The number of rotatable bonds is 10. The molecule has 0 spiro atoms. The van der Waals surface area contributed by atoms with Crippen molar-refractivity contribution in [3.05, 3.63) is 71.8 Å². The van der Waals surface area contributed by atoms with Crippen LogP contribution in [0.3, 0.4) is 0 Å². The summed E-state index contributed by atoms with van der Waals surface area (Å²) < 4.78 is 5.43. The van der Waals surface area contributed by atoms with Crippen molar-refractivity contribution >= 4 is 5.97 Å². The highest BCUT2D eigenvalue weighted by Gasteiger charge is 2.47. The van der Waals surface area contributed by atoms with Crippen LogP contribution in [-0.2, 0) is 9.53 Å². The normalized spacial score (nSPS) is 14.7. The molecule has 2 atom stereocenters. The van der Waals surface area contributed by atoms with Crippen LogP contribution in [0.2, 0.25) is 0 Å². The molecule has 3 nitrogen and oxygen atoms in total. The Hall–Kier alpha value is -2.13. The van der Waals surface area contributed by atoms with E-state index >= 15 is 0 Å². The van der Waals surface area contributed by atoms with E-state index in [9.17, 15) is 4.79 Å². The minimum Gasteiger partial charge on any atom is -0.466 e. The maximum absolute atomic E-state index is 12.8. The average Bonchev–Trinajstić information content (AvgIpc) is 2.73. The fourth-order valence-electron chi connectivity index (χ4n) is 4.41. The molecule has 0 fully saturated rings. The van der Waals surface area contributed by atoms with Crippen molar-refractivity contribution in [2.45, 2.75) is 73.3 Å². The van der Waals surface area contributed by atoms with Crippen molar-refractivity contribution in [3.8, 4) is 0 Å². The van der Waals surface area contributed by atoms with Gasteiger partial charge in [-0.05, 0) is 61.5 Å². The van der Waals surface area contributed by atoms with Crippen LogP contribution in [0.15, 0.2) is 60.7 Å². The van der Waals surface area contributed by atoms with Gasteiger partial charge in [0.25, 0.3) is 0 Å². The molecule has 0 saturated heterocycles. The molecular formula is C28H41NO2. The zero-order valence-corrected chi connectivity index (χ0v) is 20.4. The van der Waals surface area contributed by atoms with E-state index in [2.05, 4.69) is 70.2 Å². The third kappa shape index (κ3) is 5.98. The summed E-state index contributed by atoms with van der Waals surface area (Å²) in [6, 6.07) is 20.9. The molecular weight excluding hydrogens is 382 g/mol. The first kappa shape index (κ1) is 25.1. The Morgan fingerprint density at radius 2 is 1.32 bits per heavy atom. The van der Waals surface area contributed by atoms with Gasteiger partial charge in [-0.2, -0.15) is 0 Å². The fraction of sp³-hybridized carbons (Fsp3) is 0.536. The minimum atomic E-state index is -0.604. The van der Waals surface area contributed by atoms with Gasteiger partial charge in [0.1, 0.15) is 0 Å². The highest BCUT2D eigenvalue weighted by molar-refractivity contribution is 5.77. The largest absolute Gasteiger partial charge is 0.466 e. The van der Waals surface area contributed by atoms with E-state index in [-0.39, 0.29) is 28.8 Å². The summed E-state index contributed by atoms with van der Waals surface area (Å²) in [5.41, 5.74) is 8.17. The number of hydrogen-bond acceptors (Lipinski definition) is 3. The zero-order chi connectivity index (χ0) is 23.3. The molecule has 2 aromatic carbocycles. The zero-order valence-electron chi connectivity index (χ0n) is 20.4. The molecule has 0 aliphatic rings.